The molecule has 0 bridgehead atoms. The van der Waals surface area contributed by atoms with Crippen molar-refractivity contribution in [1.29, 1.82) is 0 Å². The van der Waals surface area contributed by atoms with Crippen molar-refractivity contribution < 1.29 is 9.53 Å². The summed E-state index contributed by atoms with van der Waals surface area (Å²) in [7, 11) is 0. The summed E-state index contributed by atoms with van der Waals surface area (Å²) < 4.78 is 5.26. The second kappa shape index (κ2) is 10.6. The molecule has 1 aliphatic carbocycles. The van der Waals surface area contributed by atoms with E-state index in [9.17, 15) is 4.79 Å². The van der Waals surface area contributed by atoms with Gasteiger partial charge in [-0.1, -0.05) is 43.2 Å². The first kappa shape index (κ1) is 20.8. The molecule has 26 heavy (non-hydrogen) atoms. The molecule has 4 heteroatoms. The minimum Gasteiger partial charge on any atom is -0.444 e. The van der Waals surface area contributed by atoms with E-state index in [1.54, 1.807) is 4.90 Å². The summed E-state index contributed by atoms with van der Waals surface area (Å²) in [5.74, 6) is 1.04. The Labute approximate surface area is 159 Å². The van der Waals surface area contributed by atoms with Gasteiger partial charge in [-0.3, -0.25) is 0 Å². The number of nitrogens with one attached hydrogen (secondary N) is 1. The van der Waals surface area contributed by atoms with Gasteiger partial charge in [0.25, 0.3) is 0 Å². The van der Waals surface area contributed by atoms with Crippen LogP contribution in [0.25, 0.3) is 0 Å². The Kier molecular flexibility index (Phi) is 8.43. The summed E-state index contributed by atoms with van der Waals surface area (Å²) in [5.41, 5.74) is 1.02. The number of rotatable bonds is 5. The number of piperidine rings is 1. The van der Waals surface area contributed by atoms with Crippen molar-refractivity contribution in [2.24, 2.45) is 5.92 Å². The summed E-state index contributed by atoms with van der Waals surface area (Å²) in [6.45, 7) is 9.61. The van der Waals surface area contributed by atoms with Gasteiger partial charge in [-0.2, -0.15) is 0 Å². The fourth-order valence-electron chi connectivity index (χ4n) is 2.94. The molecule has 1 saturated carbocycles. The molecule has 1 aromatic rings. The van der Waals surface area contributed by atoms with Crippen LogP contribution < -0.4 is 5.32 Å². The van der Waals surface area contributed by atoms with Gasteiger partial charge in [0.15, 0.2) is 0 Å². The SMILES string of the molecule is CC(C)(C)OC(=O)N1CCCCC1.c1ccc(CNCCC2CC2)cc1. The van der Waals surface area contributed by atoms with Gasteiger partial charge in [-0.15, -0.1) is 0 Å². The maximum absolute atomic E-state index is 11.5. The van der Waals surface area contributed by atoms with Crippen LogP contribution in [0.3, 0.4) is 0 Å². The highest BCUT2D eigenvalue weighted by Gasteiger charge is 2.23. The van der Waals surface area contributed by atoms with Gasteiger partial charge in [0, 0.05) is 19.6 Å². The van der Waals surface area contributed by atoms with Gasteiger partial charge < -0.3 is 15.0 Å². The summed E-state index contributed by atoms with van der Waals surface area (Å²) in [4.78, 5) is 13.3. The smallest absolute Gasteiger partial charge is 0.410 e. The van der Waals surface area contributed by atoms with Crippen LogP contribution >= 0.6 is 0 Å². The zero-order valence-electron chi connectivity index (χ0n) is 16.8. The van der Waals surface area contributed by atoms with Crippen molar-refractivity contribution in [3.05, 3.63) is 35.9 Å². The largest absolute Gasteiger partial charge is 0.444 e. The molecular formula is C22H36N2O2. The Morgan fingerprint density at radius 3 is 2.35 bits per heavy atom. The molecule has 1 N–H and O–H groups in total. The third kappa shape index (κ3) is 9.23. The number of carbonyl (C=O) groups excluding carboxylic acids is 1. The van der Waals surface area contributed by atoms with Crippen molar-refractivity contribution in [1.82, 2.24) is 10.2 Å². The monoisotopic (exact) mass is 360 g/mol. The number of carbonyl (C=O) groups is 1. The Bertz CT molecular complexity index is 515. The lowest BCUT2D eigenvalue weighted by atomic mass is 10.1. The predicted octanol–water partition coefficient (Wildman–Crippen LogP) is 4.98. The van der Waals surface area contributed by atoms with Crippen LogP contribution in [0.5, 0.6) is 0 Å². The minimum absolute atomic E-state index is 0.160. The van der Waals surface area contributed by atoms with E-state index in [0.29, 0.717) is 0 Å². The highest BCUT2D eigenvalue weighted by atomic mass is 16.6. The lowest BCUT2D eigenvalue weighted by molar-refractivity contribution is 0.0216. The van der Waals surface area contributed by atoms with Gasteiger partial charge in [-0.25, -0.2) is 4.79 Å². The molecule has 2 fully saturated rings. The van der Waals surface area contributed by atoms with E-state index in [4.69, 9.17) is 4.74 Å². The maximum Gasteiger partial charge on any atom is 0.410 e. The number of benzene rings is 1. The van der Waals surface area contributed by atoms with Crippen LogP contribution in [0, 0.1) is 5.92 Å². The van der Waals surface area contributed by atoms with Crippen LogP contribution in [0.15, 0.2) is 30.3 Å². The van der Waals surface area contributed by atoms with E-state index in [1.807, 2.05) is 20.8 Å². The third-order valence-electron chi connectivity index (χ3n) is 4.61. The van der Waals surface area contributed by atoms with Gasteiger partial charge >= 0.3 is 6.09 Å². The van der Waals surface area contributed by atoms with Crippen LogP contribution in [0.2, 0.25) is 0 Å². The van der Waals surface area contributed by atoms with Crippen LogP contribution in [-0.4, -0.2) is 36.2 Å². The first-order valence-corrected chi connectivity index (χ1v) is 10.2. The summed E-state index contributed by atoms with van der Waals surface area (Å²) in [5, 5.41) is 3.47. The van der Waals surface area contributed by atoms with Gasteiger partial charge in [0.2, 0.25) is 0 Å². The average Bonchev–Trinajstić information content (AvgIpc) is 3.44. The molecule has 2 aliphatic rings. The van der Waals surface area contributed by atoms with Crippen LogP contribution in [0.1, 0.15) is 64.9 Å². The Hall–Kier alpha value is -1.55. The van der Waals surface area contributed by atoms with E-state index in [2.05, 4.69) is 35.6 Å². The van der Waals surface area contributed by atoms with E-state index < -0.39 is 0 Å². The van der Waals surface area contributed by atoms with Gasteiger partial charge in [0.05, 0.1) is 0 Å². The molecule has 1 aliphatic heterocycles. The molecule has 146 valence electrons. The molecule has 0 spiro atoms. The van der Waals surface area contributed by atoms with Gasteiger partial charge in [-0.05, 0) is 64.5 Å². The van der Waals surface area contributed by atoms with Gasteiger partial charge in [0.1, 0.15) is 5.60 Å². The minimum atomic E-state index is -0.367. The molecule has 3 rings (SSSR count). The molecule has 0 aromatic heterocycles. The lowest BCUT2D eigenvalue weighted by Gasteiger charge is -2.29. The Morgan fingerprint density at radius 1 is 1.12 bits per heavy atom. The van der Waals surface area contributed by atoms with Crippen LogP contribution in [-0.2, 0) is 11.3 Å². The Morgan fingerprint density at radius 2 is 1.77 bits per heavy atom. The fraction of sp³-hybridized carbons (Fsp3) is 0.682. The molecule has 0 atom stereocenters. The van der Waals surface area contributed by atoms with Crippen molar-refractivity contribution >= 4 is 6.09 Å². The fourth-order valence-corrected chi connectivity index (χ4v) is 2.94. The highest BCUT2D eigenvalue weighted by molar-refractivity contribution is 5.68. The summed E-state index contributed by atoms with van der Waals surface area (Å²) in [6, 6.07) is 10.6. The number of hydrogen-bond acceptors (Lipinski definition) is 3. The van der Waals surface area contributed by atoms with Crippen molar-refractivity contribution in [2.75, 3.05) is 19.6 Å². The molecule has 1 amide bonds. The number of nitrogens with zero attached hydrogens (tertiary/aromatic N) is 1. The molecule has 0 radical (unpaired) electrons. The second-order valence-electron chi connectivity index (χ2n) is 8.42. The number of hydrogen-bond donors (Lipinski definition) is 1. The quantitative estimate of drug-likeness (QED) is 0.753. The number of amides is 1. The summed E-state index contributed by atoms with van der Waals surface area (Å²) >= 11 is 0. The molecular weight excluding hydrogens is 324 g/mol. The zero-order chi connectivity index (χ0) is 18.8. The molecule has 1 saturated heterocycles. The second-order valence-corrected chi connectivity index (χ2v) is 8.42. The molecule has 4 nitrogen and oxygen atoms in total. The third-order valence-corrected chi connectivity index (χ3v) is 4.61. The van der Waals surface area contributed by atoms with E-state index in [1.165, 1.54) is 37.8 Å². The summed E-state index contributed by atoms with van der Waals surface area (Å²) in [6.07, 6.45) is 7.59. The van der Waals surface area contributed by atoms with E-state index in [-0.39, 0.29) is 11.7 Å². The highest BCUT2D eigenvalue weighted by Crippen LogP contribution is 2.31. The molecule has 0 unspecified atom stereocenters. The predicted molar refractivity (Wildman–Crippen MR) is 107 cm³/mol. The first-order chi connectivity index (χ1) is 12.4. The normalized spacial score (nSPS) is 17.3. The van der Waals surface area contributed by atoms with Crippen molar-refractivity contribution in [2.45, 2.75) is 71.4 Å². The van der Waals surface area contributed by atoms with E-state index >= 15 is 0 Å². The van der Waals surface area contributed by atoms with Crippen molar-refractivity contribution in [3.8, 4) is 0 Å². The average molecular weight is 361 g/mol. The molecule has 1 aromatic carbocycles. The topological polar surface area (TPSA) is 41.6 Å². The Balaban J connectivity index is 0.000000187. The van der Waals surface area contributed by atoms with E-state index in [0.717, 1.165) is 38.4 Å². The standard InChI is InChI=1S/C12H17N.C10H19NO2/c1-2-4-12(5-3-1)10-13-9-8-11-6-7-11;1-10(2,3)13-9(12)11-7-5-4-6-8-11/h1-5,11,13H,6-10H2;4-8H2,1-3H3. The zero-order valence-corrected chi connectivity index (χ0v) is 16.8. The first-order valence-electron chi connectivity index (χ1n) is 10.2. The number of ether oxygens (including phenoxy) is 1. The number of likely N-dealkylation sites (tertiary alicyclic amines) is 1. The lowest BCUT2D eigenvalue weighted by Crippen LogP contribution is -2.39. The van der Waals surface area contributed by atoms with Crippen molar-refractivity contribution in [3.63, 3.8) is 0 Å². The van der Waals surface area contributed by atoms with Crippen LogP contribution in [0.4, 0.5) is 4.79 Å². The maximum atomic E-state index is 11.5. The molecule has 1 heterocycles.